The molecular formula is C18H40O6Si2. The average molecular weight is 409 g/mol. The first kappa shape index (κ1) is 27.5. The van der Waals surface area contributed by atoms with E-state index in [0.29, 0.717) is 12.8 Å². The summed E-state index contributed by atoms with van der Waals surface area (Å²) in [5, 5.41) is 0. The minimum atomic E-state index is -1.60. The van der Waals surface area contributed by atoms with Gasteiger partial charge in [0.15, 0.2) is 29.2 Å². The van der Waals surface area contributed by atoms with Crippen molar-refractivity contribution >= 4 is 28.6 Å². The first-order chi connectivity index (χ1) is 11.8. The van der Waals surface area contributed by atoms with Gasteiger partial charge < -0.3 is 18.3 Å². The normalized spacial score (nSPS) is 13.9. The minimum absolute atomic E-state index is 0.190. The summed E-state index contributed by atoms with van der Waals surface area (Å²) in [6.45, 7) is 19.9. The molecule has 0 rings (SSSR count). The highest BCUT2D eigenvalue weighted by atomic mass is 28.4. The van der Waals surface area contributed by atoms with Crippen LogP contribution in [0.3, 0.4) is 0 Å². The fourth-order valence-corrected chi connectivity index (χ4v) is 3.64. The van der Waals surface area contributed by atoms with Crippen molar-refractivity contribution in [2.45, 2.75) is 105 Å². The zero-order chi connectivity index (χ0) is 21.0. The van der Waals surface area contributed by atoms with Gasteiger partial charge in [-0.25, -0.2) is 0 Å². The molecule has 8 heteroatoms. The summed E-state index contributed by atoms with van der Waals surface area (Å²) >= 11 is 0. The van der Waals surface area contributed by atoms with E-state index in [1.807, 2.05) is 13.8 Å². The molecule has 0 spiro atoms. The Balaban J connectivity index is 0. The lowest BCUT2D eigenvalue weighted by Gasteiger charge is -2.25. The van der Waals surface area contributed by atoms with Crippen LogP contribution in [-0.2, 0) is 27.9 Å². The number of esters is 2. The van der Waals surface area contributed by atoms with E-state index < -0.39 is 16.6 Å². The van der Waals surface area contributed by atoms with Gasteiger partial charge in [-0.2, -0.15) is 0 Å². The van der Waals surface area contributed by atoms with Gasteiger partial charge in [0.05, 0.1) is 0 Å². The van der Waals surface area contributed by atoms with E-state index in [1.165, 1.54) is 0 Å². The van der Waals surface area contributed by atoms with Gasteiger partial charge in [0.2, 0.25) is 0 Å². The van der Waals surface area contributed by atoms with Crippen LogP contribution in [0.15, 0.2) is 0 Å². The molecule has 26 heavy (non-hydrogen) atoms. The highest BCUT2D eigenvalue weighted by molar-refractivity contribution is 6.70. The first-order valence-corrected chi connectivity index (χ1v) is 16.3. The number of carbonyl (C=O) groups excluding carboxylic acids is 2. The summed E-state index contributed by atoms with van der Waals surface area (Å²) in [4.78, 5) is 22.0. The van der Waals surface area contributed by atoms with Crippen LogP contribution in [-0.4, -0.2) is 41.2 Å². The average Bonchev–Trinajstić information content (AvgIpc) is 2.51. The SMILES string of the molecule is CCC(=O)OC(CC)O[Si](C)(C)C.CCC(=O)OC(CC)O[Si](C)(C)C. The van der Waals surface area contributed by atoms with Crippen LogP contribution in [0.4, 0.5) is 0 Å². The van der Waals surface area contributed by atoms with E-state index in [-0.39, 0.29) is 24.5 Å². The molecule has 0 aliphatic heterocycles. The van der Waals surface area contributed by atoms with Crippen molar-refractivity contribution in [1.82, 2.24) is 0 Å². The van der Waals surface area contributed by atoms with Gasteiger partial charge in [0, 0.05) is 25.7 Å². The van der Waals surface area contributed by atoms with Crippen molar-refractivity contribution in [3.8, 4) is 0 Å². The number of carbonyl (C=O) groups is 2. The zero-order valence-corrected chi connectivity index (χ0v) is 20.4. The van der Waals surface area contributed by atoms with Crippen LogP contribution in [0.1, 0.15) is 53.4 Å². The summed E-state index contributed by atoms with van der Waals surface area (Å²) in [5.41, 5.74) is 0. The van der Waals surface area contributed by atoms with Crippen molar-refractivity contribution in [3.05, 3.63) is 0 Å². The monoisotopic (exact) mass is 408 g/mol. The van der Waals surface area contributed by atoms with Gasteiger partial charge >= 0.3 is 11.9 Å². The van der Waals surface area contributed by atoms with Crippen LogP contribution in [0, 0.1) is 0 Å². The number of rotatable bonds is 10. The van der Waals surface area contributed by atoms with Crippen molar-refractivity contribution in [3.63, 3.8) is 0 Å². The maximum absolute atomic E-state index is 11.0. The maximum Gasteiger partial charge on any atom is 0.307 e. The van der Waals surface area contributed by atoms with Crippen LogP contribution in [0.2, 0.25) is 39.3 Å². The van der Waals surface area contributed by atoms with Gasteiger partial charge in [0.25, 0.3) is 0 Å². The molecule has 0 bridgehead atoms. The topological polar surface area (TPSA) is 71.1 Å². The molecule has 6 nitrogen and oxygen atoms in total. The Morgan fingerprint density at radius 2 is 0.923 bits per heavy atom. The summed E-state index contributed by atoms with van der Waals surface area (Å²) in [7, 11) is -3.20. The van der Waals surface area contributed by atoms with Crippen molar-refractivity contribution in [2.75, 3.05) is 0 Å². The van der Waals surface area contributed by atoms with Crippen molar-refractivity contribution < 1.29 is 27.9 Å². The summed E-state index contributed by atoms with van der Waals surface area (Å²) in [6, 6.07) is 0. The van der Waals surface area contributed by atoms with Crippen LogP contribution in [0.25, 0.3) is 0 Å². The number of ether oxygens (including phenoxy) is 2. The smallest absolute Gasteiger partial charge is 0.307 e. The molecule has 0 aliphatic carbocycles. The highest BCUT2D eigenvalue weighted by Crippen LogP contribution is 2.12. The van der Waals surface area contributed by atoms with Gasteiger partial charge in [-0.05, 0) is 39.3 Å². The lowest BCUT2D eigenvalue weighted by Crippen LogP contribution is -2.34. The second-order valence-electron chi connectivity index (χ2n) is 7.82. The molecule has 156 valence electrons. The molecule has 0 aromatic carbocycles. The second kappa shape index (κ2) is 13.5. The number of hydrogen-bond acceptors (Lipinski definition) is 6. The third kappa shape index (κ3) is 18.1. The predicted molar refractivity (Wildman–Crippen MR) is 110 cm³/mol. The molecule has 0 saturated heterocycles. The molecule has 0 fully saturated rings. The Bertz CT molecular complexity index is 363. The standard InChI is InChI=1S/2C9H20O3Si/c2*1-6-8(10)11-9(7-2)12-13(3,4)5/h2*9H,6-7H2,1-5H3. The third-order valence-corrected chi connectivity index (χ3v) is 4.68. The molecule has 2 atom stereocenters. The van der Waals surface area contributed by atoms with Gasteiger partial charge in [0.1, 0.15) is 0 Å². The van der Waals surface area contributed by atoms with E-state index in [0.717, 1.165) is 12.8 Å². The predicted octanol–water partition coefficient (Wildman–Crippen LogP) is 5.05. The largest absolute Gasteiger partial charge is 0.437 e. The Morgan fingerprint density at radius 1 is 0.654 bits per heavy atom. The fraction of sp³-hybridized carbons (Fsp3) is 0.889. The molecule has 2 unspecified atom stereocenters. The molecule has 0 amide bonds. The van der Waals surface area contributed by atoms with E-state index >= 15 is 0 Å². The Morgan fingerprint density at radius 3 is 1.08 bits per heavy atom. The first-order valence-electron chi connectivity index (χ1n) is 9.52. The highest BCUT2D eigenvalue weighted by Gasteiger charge is 2.22. The molecule has 0 saturated carbocycles. The summed E-state index contributed by atoms with van der Waals surface area (Å²) in [6.07, 6.45) is 1.56. The van der Waals surface area contributed by atoms with Crippen molar-refractivity contribution in [1.29, 1.82) is 0 Å². The van der Waals surface area contributed by atoms with E-state index in [1.54, 1.807) is 13.8 Å². The Hall–Kier alpha value is -0.706. The molecule has 0 heterocycles. The van der Waals surface area contributed by atoms with E-state index in [9.17, 15) is 9.59 Å². The molecule has 0 N–H and O–H groups in total. The van der Waals surface area contributed by atoms with Gasteiger partial charge in [-0.3, -0.25) is 9.59 Å². The van der Waals surface area contributed by atoms with E-state index in [2.05, 4.69) is 39.3 Å². The second-order valence-corrected chi connectivity index (χ2v) is 16.7. The van der Waals surface area contributed by atoms with Gasteiger partial charge in [-0.1, -0.05) is 27.7 Å². The fourth-order valence-electron chi connectivity index (χ4n) is 1.63. The van der Waals surface area contributed by atoms with Crippen LogP contribution in [0.5, 0.6) is 0 Å². The van der Waals surface area contributed by atoms with Gasteiger partial charge in [-0.15, -0.1) is 0 Å². The quantitative estimate of drug-likeness (QED) is 0.286. The molecule has 0 aliphatic rings. The minimum Gasteiger partial charge on any atom is -0.437 e. The Labute approximate surface area is 162 Å². The third-order valence-electron chi connectivity index (χ3n) is 2.74. The number of hydrogen-bond donors (Lipinski definition) is 0. The maximum atomic E-state index is 11.0. The zero-order valence-electron chi connectivity index (χ0n) is 18.4. The van der Waals surface area contributed by atoms with Crippen molar-refractivity contribution in [2.24, 2.45) is 0 Å². The summed E-state index contributed by atoms with van der Waals surface area (Å²) < 4.78 is 21.5. The molecule has 0 aromatic heterocycles. The molecular weight excluding hydrogens is 368 g/mol. The molecule has 0 aromatic rings. The molecule has 0 radical (unpaired) electrons. The van der Waals surface area contributed by atoms with E-state index in [4.69, 9.17) is 18.3 Å². The Kier molecular flexibility index (Phi) is 14.2. The summed E-state index contributed by atoms with van der Waals surface area (Å²) in [5.74, 6) is -0.379. The lowest BCUT2D eigenvalue weighted by atomic mass is 10.4. The van der Waals surface area contributed by atoms with Crippen LogP contribution >= 0.6 is 0 Å². The van der Waals surface area contributed by atoms with Crippen LogP contribution < -0.4 is 0 Å². The lowest BCUT2D eigenvalue weighted by molar-refractivity contribution is -0.165.